The zero-order valence-corrected chi connectivity index (χ0v) is 16.6. The molecule has 1 unspecified atom stereocenters. The quantitative estimate of drug-likeness (QED) is 0.691. The lowest BCUT2D eigenvalue weighted by Crippen LogP contribution is -2.35. The standard InChI is InChI=1S/C23H29N3/c1-15-6-7-16(2)23-22(15)20-14-25(5)18(4)12-21(20)26(23)11-10-19-9-8-17(3)24-13-19/h6-9,13,18H,10-12,14H2,1-5H3. The SMILES string of the molecule is Cc1ccc(CCn2c3c(c4c(C)ccc(C)c42)CN(C)C(C)C3)cn1. The highest BCUT2D eigenvalue weighted by Crippen LogP contribution is 2.36. The number of nitrogens with zero attached hydrogens (tertiary/aromatic N) is 3. The minimum atomic E-state index is 0.590. The summed E-state index contributed by atoms with van der Waals surface area (Å²) in [5, 5.41) is 1.49. The Morgan fingerprint density at radius 1 is 1.08 bits per heavy atom. The van der Waals surface area contributed by atoms with Crippen molar-refractivity contribution in [3.63, 3.8) is 0 Å². The second kappa shape index (κ2) is 6.55. The lowest BCUT2D eigenvalue weighted by Gasteiger charge is -2.31. The predicted octanol–water partition coefficient (Wildman–Crippen LogP) is 4.58. The molecule has 3 aromatic rings. The van der Waals surface area contributed by atoms with Gasteiger partial charge in [-0.15, -0.1) is 0 Å². The van der Waals surface area contributed by atoms with Crippen LogP contribution in [0.1, 0.15) is 40.6 Å². The number of rotatable bonds is 3. The largest absolute Gasteiger partial charge is 0.344 e. The van der Waals surface area contributed by atoms with Crippen LogP contribution >= 0.6 is 0 Å². The summed E-state index contributed by atoms with van der Waals surface area (Å²) in [5.41, 5.74) is 9.72. The van der Waals surface area contributed by atoms with Crippen molar-refractivity contribution in [1.29, 1.82) is 0 Å². The Morgan fingerprint density at radius 2 is 1.85 bits per heavy atom. The first-order valence-electron chi connectivity index (χ1n) is 9.67. The van der Waals surface area contributed by atoms with Crippen molar-refractivity contribution >= 4 is 10.9 Å². The molecule has 0 bridgehead atoms. The van der Waals surface area contributed by atoms with Crippen molar-refractivity contribution in [1.82, 2.24) is 14.5 Å². The Bertz CT molecular complexity index is 950. The van der Waals surface area contributed by atoms with Crippen LogP contribution in [0.4, 0.5) is 0 Å². The van der Waals surface area contributed by atoms with E-state index >= 15 is 0 Å². The van der Waals surface area contributed by atoms with E-state index in [1.54, 1.807) is 11.3 Å². The summed E-state index contributed by atoms with van der Waals surface area (Å²) < 4.78 is 2.61. The van der Waals surface area contributed by atoms with Gasteiger partial charge in [0.15, 0.2) is 0 Å². The van der Waals surface area contributed by atoms with Gasteiger partial charge in [0.05, 0.1) is 5.52 Å². The van der Waals surface area contributed by atoms with Gasteiger partial charge in [0, 0.05) is 48.5 Å². The summed E-state index contributed by atoms with van der Waals surface area (Å²) in [4.78, 5) is 6.95. The molecule has 0 saturated carbocycles. The molecule has 0 radical (unpaired) electrons. The second-order valence-corrected chi connectivity index (χ2v) is 8.03. The second-order valence-electron chi connectivity index (χ2n) is 8.03. The summed E-state index contributed by atoms with van der Waals surface area (Å²) >= 11 is 0. The monoisotopic (exact) mass is 347 g/mol. The van der Waals surface area contributed by atoms with Crippen molar-refractivity contribution in [2.45, 2.75) is 59.7 Å². The third-order valence-electron chi connectivity index (χ3n) is 6.08. The van der Waals surface area contributed by atoms with E-state index < -0.39 is 0 Å². The van der Waals surface area contributed by atoms with Crippen LogP contribution in [0.15, 0.2) is 30.5 Å². The summed E-state index contributed by atoms with van der Waals surface area (Å²) in [7, 11) is 2.25. The van der Waals surface area contributed by atoms with Crippen molar-refractivity contribution < 1.29 is 0 Å². The normalized spacial score (nSPS) is 17.7. The highest BCUT2D eigenvalue weighted by Gasteiger charge is 2.27. The molecular formula is C23H29N3. The molecule has 1 atom stereocenters. The Morgan fingerprint density at radius 3 is 2.58 bits per heavy atom. The molecule has 3 heteroatoms. The fraction of sp³-hybridized carbons (Fsp3) is 0.435. The molecule has 4 rings (SSSR count). The van der Waals surface area contributed by atoms with Crippen molar-refractivity contribution in [3.8, 4) is 0 Å². The summed E-state index contributed by atoms with van der Waals surface area (Å²) in [6, 6.07) is 9.48. The molecule has 2 aromatic heterocycles. The highest BCUT2D eigenvalue weighted by atomic mass is 15.1. The van der Waals surface area contributed by atoms with Gasteiger partial charge in [-0.25, -0.2) is 0 Å². The number of likely N-dealkylation sites (N-methyl/N-ethyl adjacent to an activating group) is 1. The average Bonchev–Trinajstić information content (AvgIpc) is 2.93. The molecule has 0 amide bonds. The van der Waals surface area contributed by atoms with Gasteiger partial charge < -0.3 is 4.57 Å². The lowest BCUT2D eigenvalue weighted by molar-refractivity contribution is 0.228. The van der Waals surface area contributed by atoms with E-state index in [9.17, 15) is 0 Å². The highest BCUT2D eigenvalue weighted by molar-refractivity contribution is 5.91. The lowest BCUT2D eigenvalue weighted by atomic mass is 9.97. The van der Waals surface area contributed by atoms with Crippen LogP contribution in [0, 0.1) is 20.8 Å². The van der Waals surface area contributed by atoms with E-state index in [0.717, 1.165) is 31.6 Å². The van der Waals surface area contributed by atoms with Gasteiger partial charge in [-0.2, -0.15) is 0 Å². The molecule has 1 aliphatic heterocycles. The predicted molar refractivity (Wildman–Crippen MR) is 109 cm³/mol. The van der Waals surface area contributed by atoms with Crippen LogP contribution < -0.4 is 0 Å². The van der Waals surface area contributed by atoms with Gasteiger partial charge in [-0.3, -0.25) is 9.88 Å². The molecule has 1 aliphatic rings. The van der Waals surface area contributed by atoms with E-state index in [1.807, 2.05) is 13.1 Å². The number of aromatic nitrogens is 2. The molecule has 0 spiro atoms. The van der Waals surface area contributed by atoms with E-state index in [-0.39, 0.29) is 0 Å². The number of benzene rings is 1. The molecule has 3 heterocycles. The first kappa shape index (κ1) is 17.3. The minimum Gasteiger partial charge on any atom is -0.344 e. The van der Waals surface area contributed by atoms with Gasteiger partial charge in [0.25, 0.3) is 0 Å². The van der Waals surface area contributed by atoms with Crippen molar-refractivity contribution in [2.75, 3.05) is 7.05 Å². The van der Waals surface area contributed by atoms with E-state index in [0.29, 0.717) is 6.04 Å². The van der Waals surface area contributed by atoms with Crippen LogP contribution in [0.25, 0.3) is 10.9 Å². The molecule has 1 aromatic carbocycles. The zero-order valence-electron chi connectivity index (χ0n) is 16.6. The fourth-order valence-corrected chi connectivity index (χ4v) is 4.35. The van der Waals surface area contributed by atoms with Crippen LogP contribution in [0.5, 0.6) is 0 Å². The fourth-order valence-electron chi connectivity index (χ4n) is 4.35. The molecule has 0 aliphatic carbocycles. The Labute approximate surface area is 156 Å². The van der Waals surface area contributed by atoms with Crippen molar-refractivity contribution in [3.05, 3.63) is 64.1 Å². The third kappa shape index (κ3) is 2.84. The maximum Gasteiger partial charge on any atom is 0.0518 e. The third-order valence-corrected chi connectivity index (χ3v) is 6.08. The van der Waals surface area contributed by atoms with Crippen LogP contribution in [-0.4, -0.2) is 27.5 Å². The first-order chi connectivity index (χ1) is 12.5. The Balaban J connectivity index is 1.81. The molecule has 26 heavy (non-hydrogen) atoms. The topological polar surface area (TPSA) is 21.1 Å². The van der Waals surface area contributed by atoms with Gasteiger partial charge in [0.2, 0.25) is 0 Å². The van der Waals surface area contributed by atoms with Gasteiger partial charge in [-0.1, -0.05) is 18.2 Å². The molecular weight excluding hydrogens is 318 g/mol. The number of aryl methyl sites for hydroxylation is 5. The van der Waals surface area contributed by atoms with E-state index in [1.165, 1.54) is 27.6 Å². The Kier molecular flexibility index (Phi) is 4.36. The van der Waals surface area contributed by atoms with Gasteiger partial charge in [-0.05, 0) is 69.5 Å². The number of fused-ring (bicyclic) bond motifs is 3. The molecule has 3 nitrogen and oxygen atoms in total. The number of hydrogen-bond acceptors (Lipinski definition) is 2. The van der Waals surface area contributed by atoms with Crippen LogP contribution in [0.2, 0.25) is 0 Å². The number of hydrogen-bond donors (Lipinski definition) is 0. The number of pyridine rings is 1. The smallest absolute Gasteiger partial charge is 0.0518 e. The molecule has 0 saturated heterocycles. The van der Waals surface area contributed by atoms with Crippen molar-refractivity contribution in [2.24, 2.45) is 0 Å². The van der Waals surface area contributed by atoms with Crippen LogP contribution in [0.3, 0.4) is 0 Å². The molecule has 0 fully saturated rings. The van der Waals surface area contributed by atoms with Gasteiger partial charge >= 0.3 is 0 Å². The summed E-state index contributed by atoms with van der Waals surface area (Å²) in [6.45, 7) is 11.0. The minimum absolute atomic E-state index is 0.590. The van der Waals surface area contributed by atoms with Crippen LogP contribution in [-0.2, 0) is 25.9 Å². The Hall–Kier alpha value is -2.13. The average molecular weight is 348 g/mol. The maximum atomic E-state index is 4.47. The van der Waals surface area contributed by atoms with E-state index in [2.05, 4.69) is 66.5 Å². The van der Waals surface area contributed by atoms with Gasteiger partial charge in [0.1, 0.15) is 0 Å². The molecule has 136 valence electrons. The summed E-state index contributed by atoms with van der Waals surface area (Å²) in [6.07, 6.45) is 4.19. The first-order valence-corrected chi connectivity index (χ1v) is 9.67. The maximum absolute atomic E-state index is 4.47. The van der Waals surface area contributed by atoms with E-state index in [4.69, 9.17) is 0 Å². The summed E-state index contributed by atoms with van der Waals surface area (Å²) in [5.74, 6) is 0. The molecule has 0 N–H and O–H groups in total. The zero-order chi connectivity index (χ0) is 18.4.